The first-order valence-corrected chi connectivity index (χ1v) is 17.6. The molecule has 0 N–H and O–H groups in total. The number of hydrogen-bond acceptors (Lipinski definition) is 2. The first-order valence-electron chi connectivity index (χ1n) is 17.6. The van der Waals surface area contributed by atoms with Gasteiger partial charge in [0.15, 0.2) is 0 Å². The Labute approximate surface area is 292 Å². The van der Waals surface area contributed by atoms with Gasteiger partial charge in [-0.3, -0.25) is 4.57 Å². The van der Waals surface area contributed by atoms with E-state index in [1.54, 1.807) is 0 Å². The SMILES string of the molecule is CC(C)c1cc(-c2ccccc2)cc(C(C)C)c1-n1c(-c2cc3ccccc3c3c2oc2cc(-c4ccccc4)ccc23)nc2ccccc21. The Hall–Kier alpha value is -5.93. The third kappa shape index (κ3) is 4.84. The van der Waals surface area contributed by atoms with E-state index in [2.05, 4.69) is 178 Å². The summed E-state index contributed by atoms with van der Waals surface area (Å²) in [4.78, 5) is 5.44. The van der Waals surface area contributed by atoms with Crippen molar-refractivity contribution in [2.75, 3.05) is 0 Å². The molecule has 0 saturated heterocycles. The summed E-state index contributed by atoms with van der Waals surface area (Å²) in [5.41, 5.74) is 13.4. The van der Waals surface area contributed by atoms with Crippen molar-refractivity contribution in [1.82, 2.24) is 9.55 Å². The molecule has 0 spiro atoms. The minimum Gasteiger partial charge on any atom is -0.455 e. The second-order valence-corrected chi connectivity index (χ2v) is 14.0. The molecule has 0 saturated carbocycles. The Kier molecular flexibility index (Phi) is 7.17. The van der Waals surface area contributed by atoms with Gasteiger partial charge in [-0.05, 0) is 98.5 Å². The molecule has 0 bridgehead atoms. The molecular weight excluding hydrogens is 609 g/mol. The molecule has 0 atom stereocenters. The number of para-hydroxylation sites is 2. The van der Waals surface area contributed by atoms with E-state index < -0.39 is 0 Å². The summed E-state index contributed by atoms with van der Waals surface area (Å²) in [6.45, 7) is 9.20. The number of benzene rings is 7. The van der Waals surface area contributed by atoms with E-state index in [1.807, 2.05) is 0 Å². The highest BCUT2D eigenvalue weighted by atomic mass is 16.3. The fourth-order valence-electron chi connectivity index (χ4n) is 7.65. The number of aromatic nitrogens is 2. The molecule has 9 rings (SSSR count). The van der Waals surface area contributed by atoms with Crippen LogP contribution in [0, 0.1) is 0 Å². The van der Waals surface area contributed by atoms with Crippen LogP contribution in [0.25, 0.3) is 83.1 Å². The third-order valence-electron chi connectivity index (χ3n) is 10.1. The zero-order chi connectivity index (χ0) is 33.9. The summed E-state index contributed by atoms with van der Waals surface area (Å²) < 4.78 is 9.39. The Morgan fingerprint density at radius 2 is 1.16 bits per heavy atom. The number of rotatable bonds is 6. The molecular formula is C47H38N2O. The van der Waals surface area contributed by atoms with Crippen molar-refractivity contribution in [2.24, 2.45) is 0 Å². The molecule has 7 aromatic carbocycles. The second kappa shape index (κ2) is 11.9. The Morgan fingerprint density at radius 3 is 1.86 bits per heavy atom. The molecule has 0 aliphatic rings. The van der Waals surface area contributed by atoms with Crippen molar-refractivity contribution >= 4 is 43.7 Å². The van der Waals surface area contributed by atoms with Crippen molar-refractivity contribution in [3.8, 4) is 39.3 Å². The van der Waals surface area contributed by atoms with Crippen molar-refractivity contribution < 1.29 is 4.42 Å². The molecule has 9 aromatic rings. The van der Waals surface area contributed by atoms with Crippen LogP contribution in [0.3, 0.4) is 0 Å². The highest BCUT2D eigenvalue weighted by Gasteiger charge is 2.26. The normalized spacial score (nSPS) is 12.0. The molecule has 0 aliphatic carbocycles. The van der Waals surface area contributed by atoms with Gasteiger partial charge >= 0.3 is 0 Å². The van der Waals surface area contributed by atoms with E-state index in [0.29, 0.717) is 0 Å². The van der Waals surface area contributed by atoms with Gasteiger partial charge in [0, 0.05) is 10.8 Å². The van der Waals surface area contributed by atoms with Gasteiger partial charge in [0.2, 0.25) is 0 Å². The van der Waals surface area contributed by atoms with Crippen LogP contribution in [0.1, 0.15) is 50.7 Å². The van der Waals surface area contributed by atoms with Crippen molar-refractivity contribution in [1.29, 1.82) is 0 Å². The molecule has 2 heterocycles. The third-order valence-corrected chi connectivity index (χ3v) is 10.1. The smallest absolute Gasteiger partial charge is 0.149 e. The lowest BCUT2D eigenvalue weighted by atomic mass is 9.88. The monoisotopic (exact) mass is 646 g/mol. The standard InChI is InChI=1S/C47H38N2O/c1-29(2)38-26-35(32-17-9-6-10-18-32)27-39(30(3)4)45(38)49-42-22-14-13-21-41(42)48-47(49)40-25-34-19-11-12-20-36(34)44-37-24-23-33(28-43(37)50-46(40)44)31-15-7-5-8-16-31/h5-30H,1-4H3. The Balaban J connectivity index is 1.39. The second-order valence-electron chi connectivity index (χ2n) is 14.0. The lowest BCUT2D eigenvalue weighted by Crippen LogP contribution is -2.09. The Bertz CT molecular complexity index is 2670. The van der Waals surface area contributed by atoms with Crippen LogP contribution in [0.4, 0.5) is 0 Å². The first kappa shape index (κ1) is 30.2. The van der Waals surface area contributed by atoms with Crippen LogP contribution in [-0.2, 0) is 0 Å². The topological polar surface area (TPSA) is 31.0 Å². The van der Waals surface area contributed by atoms with E-state index >= 15 is 0 Å². The molecule has 50 heavy (non-hydrogen) atoms. The lowest BCUT2D eigenvalue weighted by Gasteiger charge is -2.24. The number of imidazole rings is 1. The van der Waals surface area contributed by atoms with Gasteiger partial charge in [0.05, 0.1) is 22.3 Å². The number of furan rings is 1. The van der Waals surface area contributed by atoms with Crippen LogP contribution in [0.15, 0.2) is 150 Å². The van der Waals surface area contributed by atoms with Crippen molar-refractivity contribution in [3.05, 3.63) is 157 Å². The predicted molar refractivity (Wildman–Crippen MR) is 210 cm³/mol. The maximum absolute atomic E-state index is 6.97. The minimum atomic E-state index is 0.277. The molecule has 2 aromatic heterocycles. The maximum atomic E-state index is 6.97. The fraction of sp³-hybridized carbons (Fsp3) is 0.128. The summed E-state index contributed by atoms with van der Waals surface area (Å²) in [6, 6.07) is 52.1. The molecule has 242 valence electrons. The first-order chi connectivity index (χ1) is 24.5. The highest BCUT2D eigenvalue weighted by Crippen LogP contribution is 2.45. The molecule has 0 unspecified atom stereocenters. The van der Waals surface area contributed by atoms with E-state index in [1.165, 1.54) is 38.9 Å². The van der Waals surface area contributed by atoms with Crippen molar-refractivity contribution in [2.45, 2.75) is 39.5 Å². The van der Waals surface area contributed by atoms with Gasteiger partial charge in [-0.25, -0.2) is 4.98 Å². The quantitative estimate of drug-likeness (QED) is 0.180. The summed E-state index contributed by atoms with van der Waals surface area (Å²) in [5, 5.41) is 4.58. The predicted octanol–water partition coefficient (Wildman–Crippen LogP) is 13.3. The average molecular weight is 647 g/mol. The average Bonchev–Trinajstić information content (AvgIpc) is 3.73. The molecule has 3 nitrogen and oxygen atoms in total. The van der Waals surface area contributed by atoms with E-state index in [-0.39, 0.29) is 11.8 Å². The molecule has 0 aliphatic heterocycles. The molecule has 0 fully saturated rings. The lowest BCUT2D eigenvalue weighted by molar-refractivity contribution is 0.670. The highest BCUT2D eigenvalue weighted by molar-refractivity contribution is 6.22. The van der Waals surface area contributed by atoms with Gasteiger partial charge < -0.3 is 4.42 Å². The summed E-state index contributed by atoms with van der Waals surface area (Å²) >= 11 is 0. The Morgan fingerprint density at radius 1 is 0.540 bits per heavy atom. The molecule has 0 amide bonds. The summed E-state index contributed by atoms with van der Waals surface area (Å²) in [6.07, 6.45) is 0. The van der Waals surface area contributed by atoms with Crippen LogP contribution in [-0.4, -0.2) is 9.55 Å². The number of fused-ring (bicyclic) bond motifs is 6. The van der Waals surface area contributed by atoms with Crippen molar-refractivity contribution in [3.63, 3.8) is 0 Å². The van der Waals surface area contributed by atoms with Crippen LogP contribution in [0.2, 0.25) is 0 Å². The fourth-order valence-corrected chi connectivity index (χ4v) is 7.65. The zero-order valence-electron chi connectivity index (χ0n) is 28.8. The minimum absolute atomic E-state index is 0.277. The van der Waals surface area contributed by atoms with Gasteiger partial charge in [-0.15, -0.1) is 0 Å². The van der Waals surface area contributed by atoms with Crippen LogP contribution in [0.5, 0.6) is 0 Å². The zero-order valence-corrected chi connectivity index (χ0v) is 28.8. The molecule has 3 heteroatoms. The van der Waals surface area contributed by atoms with Gasteiger partial charge in [0.25, 0.3) is 0 Å². The van der Waals surface area contributed by atoms with Crippen LogP contribution >= 0.6 is 0 Å². The van der Waals surface area contributed by atoms with Gasteiger partial charge in [-0.1, -0.05) is 131 Å². The number of hydrogen-bond donors (Lipinski definition) is 0. The number of nitrogens with zero attached hydrogens (tertiary/aromatic N) is 2. The largest absolute Gasteiger partial charge is 0.455 e. The van der Waals surface area contributed by atoms with E-state index in [4.69, 9.17) is 9.40 Å². The van der Waals surface area contributed by atoms with Gasteiger partial charge in [-0.2, -0.15) is 0 Å². The van der Waals surface area contributed by atoms with Gasteiger partial charge in [0.1, 0.15) is 17.0 Å². The maximum Gasteiger partial charge on any atom is 0.149 e. The summed E-state index contributed by atoms with van der Waals surface area (Å²) in [5.74, 6) is 1.44. The van der Waals surface area contributed by atoms with E-state index in [0.717, 1.165) is 55.3 Å². The van der Waals surface area contributed by atoms with Crippen LogP contribution < -0.4 is 0 Å². The summed E-state index contributed by atoms with van der Waals surface area (Å²) in [7, 11) is 0. The molecule has 0 radical (unpaired) electrons. The van der Waals surface area contributed by atoms with E-state index in [9.17, 15) is 0 Å².